The number of halogens is 3. The third kappa shape index (κ3) is 4.91. The summed E-state index contributed by atoms with van der Waals surface area (Å²) >= 11 is 0. The van der Waals surface area contributed by atoms with Gasteiger partial charge < -0.3 is 4.55 Å². The van der Waals surface area contributed by atoms with Gasteiger partial charge in [-0.25, -0.2) is 12.8 Å². The van der Waals surface area contributed by atoms with Crippen LogP contribution in [-0.2, 0) is 10.1 Å². The molecule has 0 aromatic heterocycles. The average Bonchev–Trinajstić information content (AvgIpc) is 1.97. The molecule has 0 amide bonds. The Labute approximate surface area is 124 Å². The third-order valence-electron chi connectivity index (χ3n) is 1.51. The third-order valence-corrected chi connectivity index (χ3v) is 2.43. The summed E-state index contributed by atoms with van der Waals surface area (Å²) in [5.41, 5.74) is 0. The minimum Gasteiger partial charge on any atom is -0.743 e. The van der Waals surface area contributed by atoms with Crippen molar-refractivity contribution in [3.63, 3.8) is 0 Å². The zero-order chi connectivity index (χ0) is 10.7. The van der Waals surface area contributed by atoms with Gasteiger partial charge in [0.25, 0.3) is 0 Å². The van der Waals surface area contributed by atoms with E-state index in [4.69, 9.17) is 0 Å². The quantitative estimate of drug-likeness (QED) is 0.453. The molecule has 0 aliphatic heterocycles. The molecule has 0 saturated carbocycles. The fourth-order valence-corrected chi connectivity index (χ4v) is 1.14. The summed E-state index contributed by atoms with van der Waals surface area (Å²) in [5, 5.41) is -4.80. The Morgan fingerprint density at radius 1 is 1.43 bits per heavy atom. The SMILES string of the molecule is CCCCC(F)C(F)(F)S(=O)(=O)[O-].[K+]. The van der Waals surface area contributed by atoms with Crippen LogP contribution in [0.2, 0.25) is 0 Å². The van der Waals surface area contributed by atoms with E-state index in [1.807, 2.05) is 0 Å². The standard InChI is InChI=1S/C6H11F3O3S.K/c1-2-3-4-5(7)6(8,9)13(10,11)12;/h5H,2-4H2,1H3,(H,10,11,12);/q;+1/p-1. The van der Waals surface area contributed by atoms with Crippen LogP contribution in [0.4, 0.5) is 13.2 Å². The normalized spacial score (nSPS) is 14.6. The van der Waals surface area contributed by atoms with Crippen LogP contribution in [0.15, 0.2) is 0 Å². The van der Waals surface area contributed by atoms with E-state index >= 15 is 0 Å². The van der Waals surface area contributed by atoms with Gasteiger partial charge in [-0.1, -0.05) is 19.8 Å². The first-order valence-corrected chi connectivity index (χ1v) is 5.11. The summed E-state index contributed by atoms with van der Waals surface area (Å²) in [6.45, 7) is 1.64. The summed E-state index contributed by atoms with van der Waals surface area (Å²) in [4.78, 5) is 0. The van der Waals surface area contributed by atoms with Crippen molar-refractivity contribution in [2.45, 2.75) is 37.6 Å². The van der Waals surface area contributed by atoms with E-state index in [-0.39, 0.29) is 57.8 Å². The zero-order valence-corrected chi connectivity index (χ0v) is 11.9. The van der Waals surface area contributed by atoms with Gasteiger partial charge in [-0.3, -0.25) is 0 Å². The summed E-state index contributed by atoms with van der Waals surface area (Å²) < 4.78 is 67.0. The van der Waals surface area contributed by atoms with Crippen molar-refractivity contribution in [3.05, 3.63) is 0 Å². The van der Waals surface area contributed by atoms with Crippen molar-refractivity contribution in [3.8, 4) is 0 Å². The zero-order valence-electron chi connectivity index (χ0n) is 7.97. The second kappa shape index (κ2) is 6.82. The molecular weight excluding hydrogens is 248 g/mol. The molecule has 1 atom stereocenters. The van der Waals surface area contributed by atoms with E-state index in [1.54, 1.807) is 6.92 Å². The van der Waals surface area contributed by atoms with Crippen LogP contribution in [-0.4, -0.2) is 24.4 Å². The molecule has 14 heavy (non-hydrogen) atoms. The first-order chi connectivity index (χ1) is 5.73. The smallest absolute Gasteiger partial charge is 0.743 e. The maximum atomic E-state index is 12.5. The summed E-state index contributed by atoms with van der Waals surface area (Å²) in [7, 11) is -5.89. The maximum Gasteiger partial charge on any atom is 1.00 e. The Morgan fingerprint density at radius 2 is 1.86 bits per heavy atom. The summed E-state index contributed by atoms with van der Waals surface area (Å²) in [6.07, 6.45) is -2.96. The Hall–Kier alpha value is 1.34. The van der Waals surface area contributed by atoms with Crippen molar-refractivity contribution in [1.29, 1.82) is 0 Å². The van der Waals surface area contributed by atoms with Crippen LogP contribution in [0.1, 0.15) is 26.2 Å². The largest absolute Gasteiger partial charge is 1.00 e. The van der Waals surface area contributed by atoms with Crippen molar-refractivity contribution in [1.82, 2.24) is 0 Å². The first-order valence-electron chi connectivity index (χ1n) is 3.70. The van der Waals surface area contributed by atoms with Crippen molar-refractivity contribution >= 4 is 10.1 Å². The molecule has 0 aliphatic carbocycles. The minimum atomic E-state index is -5.89. The molecule has 8 heteroatoms. The van der Waals surface area contributed by atoms with Crippen molar-refractivity contribution in [2.75, 3.05) is 0 Å². The van der Waals surface area contributed by atoms with E-state index in [9.17, 15) is 26.1 Å². The minimum absolute atomic E-state index is 0. The van der Waals surface area contributed by atoms with Gasteiger partial charge in [0.1, 0.15) is 0 Å². The van der Waals surface area contributed by atoms with Crippen LogP contribution in [0, 0.1) is 0 Å². The molecule has 0 fully saturated rings. The summed E-state index contributed by atoms with van der Waals surface area (Å²) in [5.74, 6) is 0. The van der Waals surface area contributed by atoms with Crippen LogP contribution < -0.4 is 51.4 Å². The van der Waals surface area contributed by atoms with Crippen LogP contribution in [0.25, 0.3) is 0 Å². The first kappa shape index (κ1) is 17.7. The van der Waals surface area contributed by atoms with Crippen LogP contribution >= 0.6 is 0 Å². The Kier molecular flexibility index (Phi) is 8.63. The maximum absolute atomic E-state index is 12.5. The van der Waals surface area contributed by atoms with Gasteiger partial charge in [-0.2, -0.15) is 8.78 Å². The molecule has 0 radical (unpaired) electrons. The second-order valence-corrected chi connectivity index (χ2v) is 4.08. The molecule has 1 unspecified atom stereocenters. The summed E-state index contributed by atoms with van der Waals surface area (Å²) in [6, 6.07) is 0. The number of hydrogen-bond acceptors (Lipinski definition) is 3. The monoisotopic (exact) mass is 258 g/mol. The molecule has 0 heterocycles. The van der Waals surface area contributed by atoms with Crippen molar-refractivity contribution < 1.29 is 77.5 Å². The Balaban J connectivity index is 0. The molecule has 0 saturated heterocycles. The molecule has 3 nitrogen and oxygen atoms in total. The van der Waals surface area contributed by atoms with E-state index in [0.29, 0.717) is 6.42 Å². The Bertz CT molecular complexity index is 255. The van der Waals surface area contributed by atoms with Gasteiger partial charge >= 0.3 is 56.6 Å². The number of unbranched alkanes of at least 4 members (excludes halogenated alkanes) is 1. The number of rotatable bonds is 5. The predicted molar refractivity (Wildman–Crippen MR) is 39.1 cm³/mol. The van der Waals surface area contributed by atoms with Crippen LogP contribution in [0.3, 0.4) is 0 Å². The van der Waals surface area contributed by atoms with Gasteiger partial charge in [0, 0.05) is 0 Å². The van der Waals surface area contributed by atoms with Gasteiger partial charge in [-0.15, -0.1) is 0 Å². The van der Waals surface area contributed by atoms with Gasteiger partial charge in [0.15, 0.2) is 16.3 Å². The number of alkyl halides is 3. The van der Waals surface area contributed by atoms with E-state index in [2.05, 4.69) is 0 Å². The van der Waals surface area contributed by atoms with Crippen LogP contribution in [0.5, 0.6) is 0 Å². The fourth-order valence-electron chi connectivity index (χ4n) is 0.708. The molecule has 80 valence electrons. The fraction of sp³-hybridized carbons (Fsp3) is 1.00. The van der Waals surface area contributed by atoms with Crippen molar-refractivity contribution in [2.24, 2.45) is 0 Å². The molecule has 0 rings (SSSR count). The molecule has 0 aliphatic rings. The Morgan fingerprint density at radius 3 is 2.14 bits per heavy atom. The molecular formula is C6H10F3KO3S. The average molecular weight is 258 g/mol. The van der Waals surface area contributed by atoms with Gasteiger partial charge in [-0.05, 0) is 6.42 Å². The predicted octanol–water partition coefficient (Wildman–Crippen LogP) is -1.34. The van der Waals surface area contributed by atoms with E-state index < -0.39 is 28.0 Å². The van der Waals surface area contributed by atoms with Gasteiger partial charge in [0.2, 0.25) is 0 Å². The topological polar surface area (TPSA) is 57.2 Å². The second-order valence-electron chi connectivity index (χ2n) is 2.63. The van der Waals surface area contributed by atoms with Gasteiger partial charge in [0.05, 0.1) is 0 Å². The molecule has 0 spiro atoms. The van der Waals surface area contributed by atoms with E-state index in [1.165, 1.54) is 0 Å². The van der Waals surface area contributed by atoms with E-state index in [0.717, 1.165) is 0 Å². The number of hydrogen-bond donors (Lipinski definition) is 0. The molecule has 0 aromatic carbocycles. The molecule has 0 aromatic rings. The molecule has 0 N–H and O–H groups in total. The molecule has 0 bridgehead atoms.